The van der Waals surface area contributed by atoms with Crippen molar-refractivity contribution in [3.63, 3.8) is 0 Å². The second-order valence-electron chi connectivity index (χ2n) is 8.64. The van der Waals surface area contributed by atoms with Gasteiger partial charge in [-0.1, -0.05) is 0 Å². The van der Waals surface area contributed by atoms with Crippen LogP contribution < -0.4 is 0 Å². The molecule has 2 aromatic heterocycles. The lowest BCUT2D eigenvalue weighted by atomic mass is 9.91. The minimum Gasteiger partial charge on any atom is -0.337 e. The maximum absolute atomic E-state index is 13.3. The van der Waals surface area contributed by atoms with Gasteiger partial charge < -0.3 is 9.80 Å². The van der Waals surface area contributed by atoms with Crippen LogP contribution in [0.15, 0.2) is 24.5 Å². The van der Waals surface area contributed by atoms with Crippen LogP contribution in [0.5, 0.6) is 0 Å². The summed E-state index contributed by atoms with van der Waals surface area (Å²) < 4.78 is 0. The number of thiazole rings is 1. The smallest absolute Gasteiger partial charge is 0.265 e. The Balaban J connectivity index is 1.49. The van der Waals surface area contributed by atoms with Crippen molar-refractivity contribution in [3.8, 4) is 10.6 Å². The summed E-state index contributed by atoms with van der Waals surface area (Å²) in [4.78, 5) is 40.0. The van der Waals surface area contributed by atoms with Crippen LogP contribution in [0.1, 0.15) is 61.3 Å². The van der Waals surface area contributed by atoms with Crippen LogP contribution >= 0.6 is 11.3 Å². The van der Waals surface area contributed by atoms with Crippen LogP contribution in [0.4, 0.5) is 0 Å². The third kappa shape index (κ3) is 4.13. The molecule has 2 saturated heterocycles. The van der Waals surface area contributed by atoms with Gasteiger partial charge in [0.05, 0.1) is 11.6 Å². The Morgan fingerprint density at radius 3 is 2.60 bits per heavy atom. The molecule has 30 heavy (non-hydrogen) atoms. The van der Waals surface area contributed by atoms with Crippen molar-refractivity contribution in [2.24, 2.45) is 5.92 Å². The van der Waals surface area contributed by atoms with Gasteiger partial charge in [-0.3, -0.25) is 14.6 Å². The Bertz CT molecular complexity index is 903. The topological polar surface area (TPSA) is 66.4 Å². The molecule has 2 fully saturated rings. The number of carbonyl (C=O) groups is 2. The minimum atomic E-state index is -0.100. The van der Waals surface area contributed by atoms with E-state index in [-0.39, 0.29) is 29.8 Å². The summed E-state index contributed by atoms with van der Waals surface area (Å²) in [5.41, 5.74) is 1.67. The number of piperidine rings is 2. The first-order valence-electron chi connectivity index (χ1n) is 10.9. The van der Waals surface area contributed by atoms with Gasteiger partial charge in [0.1, 0.15) is 9.88 Å². The number of rotatable bonds is 3. The highest BCUT2D eigenvalue weighted by molar-refractivity contribution is 7.17. The van der Waals surface area contributed by atoms with Crippen LogP contribution in [-0.4, -0.2) is 56.8 Å². The fourth-order valence-corrected chi connectivity index (χ4v) is 5.81. The highest BCUT2D eigenvalue weighted by Gasteiger charge is 2.37. The first-order valence-corrected chi connectivity index (χ1v) is 11.8. The molecule has 4 rings (SSSR count). The first-order chi connectivity index (χ1) is 14.5. The van der Waals surface area contributed by atoms with Gasteiger partial charge in [-0.05, 0) is 65.0 Å². The van der Waals surface area contributed by atoms with Gasteiger partial charge in [-0.2, -0.15) is 0 Å². The molecule has 0 aromatic carbocycles. The van der Waals surface area contributed by atoms with E-state index in [4.69, 9.17) is 0 Å². The van der Waals surface area contributed by atoms with E-state index >= 15 is 0 Å². The SMILES string of the molecule is Cc1nc(-c2cccnc2)sc1C(=O)N1CCCC(C(=O)N2C(C)CCCC2C)C1. The quantitative estimate of drug-likeness (QED) is 0.739. The van der Waals surface area contributed by atoms with Crippen molar-refractivity contribution in [1.29, 1.82) is 0 Å². The molecule has 2 aliphatic heterocycles. The molecule has 6 nitrogen and oxygen atoms in total. The predicted octanol–water partition coefficient (Wildman–Crippen LogP) is 4.16. The lowest BCUT2D eigenvalue weighted by molar-refractivity contribution is -0.143. The summed E-state index contributed by atoms with van der Waals surface area (Å²) in [5.74, 6) is 0.123. The average Bonchev–Trinajstić information content (AvgIpc) is 3.15. The van der Waals surface area contributed by atoms with E-state index in [0.29, 0.717) is 18.0 Å². The van der Waals surface area contributed by atoms with Gasteiger partial charge in [0.25, 0.3) is 5.91 Å². The molecular formula is C23H30N4O2S. The van der Waals surface area contributed by atoms with Gasteiger partial charge in [-0.25, -0.2) is 4.98 Å². The first kappa shape index (κ1) is 21.0. The third-order valence-electron chi connectivity index (χ3n) is 6.41. The highest BCUT2D eigenvalue weighted by atomic mass is 32.1. The molecule has 0 saturated carbocycles. The van der Waals surface area contributed by atoms with Gasteiger partial charge >= 0.3 is 0 Å². The summed E-state index contributed by atoms with van der Waals surface area (Å²) in [5, 5.41) is 0.810. The minimum absolute atomic E-state index is 0.00242. The number of aromatic nitrogens is 2. The van der Waals surface area contributed by atoms with Crippen molar-refractivity contribution in [1.82, 2.24) is 19.8 Å². The fourth-order valence-electron chi connectivity index (χ4n) is 4.78. The molecule has 2 amide bonds. The Morgan fingerprint density at radius 2 is 1.90 bits per heavy atom. The zero-order valence-electron chi connectivity index (χ0n) is 18.0. The summed E-state index contributed by atoms with van der Waals surface area (Å²) in [7, 11) is 0. The van der Waals surface area contributed by atoms with E-state index in [1.54, 1.807) is 12.4 Å². The van der Waals surface area contributed by atoms with Crippen molar-refractivity contribution in [3.05, 3.63) is 35.1 Å². The monoisotopic (exact) mass is 426 g/mol. The van der Waals surface area contributed by atoms with Crippen molar-refractivity contribution in [2.45, 2.75) is 65.0 Å². The van der Waals surface area contributed by atoms with Crippen molar-refractivity contribution >= 4 is 23.2 Å². The lowest BCUT2D eigenvalue weighted by Crippen LogP contribution is -2.53. The predicted molar refractivity (Wildman–Crippen MR) is 118 cm³/mol. The number of carbonyl (C=O) groups excluding carboxylic acids is 2. The summed E-state index contributed by atoms with van der Waals surface area (Å²) in [6.07, 6.45) is 8.55. The number of pyridine rings is 1. The average molecular weight is 427 g/mol. The number of likely N-dealkylation sites (tertiary alicyclic amines) is 2. The Kier molecular flexibility index (Phi) is 6.18. The third-order valence-corrected chi connectivity index (χ3v) is 7.60. The molecular weight excluding hydrogens is 396 g/mol. The molecule has 3 unspecified atom stereocenters. The summed E-state index contributed by atoms with van der Waals surface area (Å²) in [6.45, 7) is 7.40. The molecule has 4 heterocycles. The Morgan fingerprint density at radius 1 is 1.13 bits per heavy atom. The molecule has 2 aliphatic rings. The van der Waals surface area contributed by atoms with Gasteiger partial charge in [-0.15, -0.1) is 11.3 Å². The second-order valence-corrected chi connectivity index (χ2v) is 9.64. The number of hydrogen-bond donors (Lipinski definition) is 0. The highest BCUT2D eigenvalue weighted by Crippen LogP contribution is 2.31. The molecule has 160 valence electrons. The normalized spacial score (nSPS) is 24.7. The summed E-state index contributed by atoms with van der Waals surface area (Å²) >= 11 is 1.42. The number of amides is 2. The van der Waals surface area contributed by atoms with Crippen molar-refractivity contribution in [2.75, 3.05) is 13.1 Å². The van der Waals surface area contributed by atoms with Crippen LogP contribution in [0.2, 0.25) is 0 Å². The van der Waals surface area contributed by atoms with Crippen LogP contribution in [0.25, 0.3) is 10.6 Å². The molecule has 2 aromatic rings. The standard InChI is InChI=1S/C23H30N4O2S/c1-15-7-4-8-16(2)27(15)22(28)19-10-6-12-26(14-19)23(29)20-17(3)25-21(30-20)18-9-5-11-24-13-18/h5,9,11,13,15-16,19H,4,6-8,10,12,14H2,1-3H3. The fraction of sp³-hybridized carbons (Fsp3) is 0.565. The molecule has 0 radical (unpaired) electrons. The zero-order chi connectivity index (χ0) is 21.3. The number of nitrogens with zero attached hydrogens (tertiary/aromatic N) is 4. The van der Waals surface area contributed by atoms with Gasteiger partial charge in [0.15, 0.2) is 0 Å². The van der Waals surface area contributed by atoms with Gasteiger partial charge in [0.2, 0.25) is 5.91 Å². The number of hydrogen-bond acceptors (Lipinski definition) is 5. The molecule has 0 bridgehead atoms. The summed E-state index contributed by atoms with van der Waals surface area (Å²) in [6, 6.07) is 4.41. The lowest BCUT2D eigenvalue weighted by Gasteiger charge is -2.42. The molecule has 7 heteroatoms. The van der Waals surface area contributed by atoms with Crippen molar-refractivity contribution < 1.29 is 9.59 Å². The van der Waals surface area contributed by atoms with E-state index < -0.39 is 0 Å². The Labute approximate surface area is 182 Å². The van der Waals surface area contributed by atoms with Crippen LogP contribution in [0, 0.1) is 12.8 Å². The molecule has 0 aliphatic carbocycles. The second kappa shape index (κ2) is 8.84. The van der Waals surface area contributed by atoms with E-state index in [0.717, 1.165) is 41.9 Å². The maximum atomic E-state index is 13.3. The molecule has 3 atom stereocenters. The molecule has 0 N–H and O–H groups in total. The van der Waals surface area contributed by atoms with E-state index in [1.165, 1.54) is 17.8 Å². The van der Waals surface area contributed by atoms with E-state index in [9.17, 15) is 9.59 Å². The van der Waals surface area contributed by atoms with E-state index in [1.807, 2.05) is 24.0 Å². The van der Waals surface area contributed by atoms with Crippen LogP contribution in [0.3, 0.4) is 0 Å². The molecule has 0 spiro atoms. The van der Waals surface area contributed by atoms with Gasteiger partial charge in [0, 0.05) is 43.1 Å². The zero-order valence-corrected chi connectivity index (χ0v) is 18.8. The maximum Gasteiger partial charge on any atom is 0.265 e. The number of aryl methyl sites for hydroxylation is 1. The van der Waals surface area contributed by atoms with E-state index in [2.05, 4.69) is 28.7 Å². The van der Waals surface area contributed by atoms with Crippen LogP contribution in [-0.2, 0) is 4.79 Å². The Hall–Kier alpha value is -2.28. The largest absolute Gasteiger partial charge is 0.337 e.